The van der Waals surface area contributed by atoms with Crippen LogP contribution in [-0.2, 0) is 3.83 Å². The second-order valence-corrected chi connectivity index (χ2v) is 3.61. The maximum atomic E-state index is 11.2. The number of aryl methyl sites for hydroxylation is 1. The van der Waals surface area contributed by atoms with Gasteiger partial charge in [-0.15, -0.1) is 0 Å². The zero-order valence-electron chi connectivity index (χ0n) is 8.03. The highest BCUT2D eigenvalue weighted by Crippen LogP contribution is 2.16. The Morgan fingerprint density at radius 2 is 2.20 bits per heavy atom. The molecule has 1 aromatic heterocycles. The lowest BCUT2D eigenvalue weighted by Crippen LogP contribution is -1.98. The minimum Gasteiger partial charge on any atom is -0.380 e. The Morgan fingerprint density at radius 1 is 1.40 bits per heavy atom. The van der Waals surface area contributed by atoms with Crippen LogP contribution < -0.4 is 0 Å². The van der Waals surface area contributed by atoms with Gasteiger partial charge in [0.2, 0.25) is 0 Å². The lowest BCUT2D eigenvalue weighted by molar-refractivity contribution is 0.0781. The van der Waals surface area contributed by atoms with Crippen LogP contribution in [0.15, 0.2) is 30.5 Å². The molecular formula is C11H8BrNO2. The van der Waals surface area contributed by atoms with E-state index in [4.69, 9.17) is 0 Å². The van der Waals surface area contributed by atoms with Crippen molar-refractivity contribution in [3.05, 3.63) is 41.6 Å². The molecular weight excluding hydrogens is 258 g/mol. The molecule has 0 saturated heterocycles. The fourth-order valence-electron chi connectivity index (χ4n) is 1.41. The lowest BCUT2D eigenvalue weighted by Gasteiger charge is -2.01. The van der Waals surface area contributed by atoms with Crippen LogP contribution in [-0.4, -0.2) is 11.0 Å². The molecule has 76 valence electrons. The predicted molar refractivity (Wildman–Crippen MR) is 60.8 cm³/mol. The highest BCUT2D eigenvalue weighted by molar-refractivity contribution is 9.06. The van der Waals surface area contributed by atoms with E-state index in [0.717, 1.165) is 16.5 Å². The number of hydrogen-bond donors (Lipinski definition) is 0. The van der Waals surface area contributed by atoms with Crippen LogP contribution in [0.5, 0.6) is 0 Å². The lowest BCUT2D eigenvalue weighted by atomic mass is 10.1. The van der Waals surface area contributed by atoms with E-state index >= 15 is 0 Å². The summed E-state index contributed by atoms with van der Waals surface area (Å²) in [6.07, 6.45) is 1.50. The van der Waals surface area contributed by atoms with Gasteiger partial charge in [0.1, 0.15) is 0 Å². The molecule has 0 aliphatic carbocycles. The highest BCUT2D eigenvalue weighted by atomic mass is 79.9. The summed E-state index contributed by atoms with van der Waals surface area (Å²) in [4.78, 5) is 15.4. The van der Waals surface area contributed by atoms with Crippen molar-refractivity contribution in [3.8, 4) is 0 Å². The maximum Gasteiger partial charge on any atom is 0.351 e. The zero-order valence-corrected chi connectivity index (χ0v) is 9.61. The first-order valence-corrected chi connectivity index (χ1v) is 5.05. The summed E-state index contributed by atoms with van der Waals surface area (Å²) in [6, 6.07) is 7.65. The van der Waals surface area contributed by atoms with E-state index in [1.165, 1.54) is 6.20 Å². The van der Waals surface area contributed by atoms with E-state index in [2.05, 4.69) is 25.1 Å². The molecule has 0 atom stereocenters. The van der Waals surface area contributed by atoms with Gasteiger partial charge in [-0.1, -0.05) is 11.6 Å². The fraction of sp³-hybridized carbons (Fsp3) is 0.0909. The Kier molecular flexibility index (Phi) is 2.68. The van der Waals surface area contributed by atoms with Crippen molar-refractivity contribution >= 4 is 33.1 Å². The molecule has 0 saturated carbocycles. The molecule has 0 N–H and O–H groups in total. The summed E-state index contributed by atoms with van der Waals surface area (Å²) in [5, 5.41) is 0.936. The molecule has 0 spiro atoms. The van der Waals surface area contributed by atoms with E-state index in [9.17, 15) is 4.79 Å². The van der Waals surface area contributed by atoms with Crippen LogP contribution in [0.2, 0.25) is 0 Å². The molecule has 0 aliphatic rings. The normalized spacial score (nSPS) is 10.3. The largest absolute Gasteiger partial charge is 0.380 e. The number of fused-ring (bicyclic) bond motifs is 1. The van der Waals surface area contributed by atoms with Crippen LogP contribution >= 0.6 is 16.3 Å². The first-order valence-electron chi connectivity index (χ1n) is 4.40. The van der Waals surface area contributed by atoms with Gasteiger partial charge >= 0.3 is 5.97 Å². The number of rotatable bonds is 1. The topological polar surface area (TPSA) is 39.2 Å². The van der Waals surface area contributed by atoms with Crippen molar-refractivity contribution < 1.29 is 8.62 Å². The first-order chi connectivity index (χ1) is 7.20. The summed E-state index contributed by atoms with van der Waals surface area (Å²) in [5.41, 5.74) is 2.44. The Balaban J connectivity index is 2.59. The number of nitrogens with zero attached hydrogens (tertiary/aromatic N) is 1. The average molecular weight is 266 g/mol. The van der Waals surface area contributed by atoms with Gasteiger partial charge in [-0.25, -0.2) is 4.79 Å². The molecule has 3 nitrogen and oxygen atoms in total. The van der Waals surface area contributed by atoms with E-state index in [-0.39, 0.29) is 0 Å². The molecule has 1 aromatic carbocycles. The number of aromatic nitrogens is 1. The minimum absolute atomic E-state index is 0.435. The van der Waals surface area contributed by atoms with Gasteiger partial charge in [0.25, 0.3) is 0 Å². The molecule has 0 fully saturated rings. The number of benzene rings is 1. The van der Waals surface area contributed by atoms with Gasteiger partial charge in [0, 0.05) is 11.6 Å². The first kappa shape index (κ1) is 10.1. The Hall–Kier alpha value is -1.42. The smallest absolute Gasteiger partial charge is 0.351 e. The number of carbonyl (C=O) groups is 1. The molecule has 2 rings (SSSR count). The fourth-order valence-corrected chi connectivity index (χ4v) is 1.59. The second-order valence-electron chi connectivity index (χ2n) is 3.28. The third-order valence-electron chi connectivity index (χ3n) is 2.14. The summed E-state index contributed by atoms with van der Waals surface area (Å²) in [5.74, 6) is -0.439. The molecule has 0 amide bonds. The predicted octanol–water partition coefficient (Wildman–Crippen LogP) is 3.01. The van der Waals surface area contributed by atoms with Crippen LogP contribution in [0.25, 0.3) is 10.9 Å². The van der Waals surface area contributed by atoms with Crippen LogP contribution in [0.1, 0.15) is 15.9 Å². The Labute approximate surface area is 95.5 Å². The summed E-state index contributed by atoms with van der Waals surface area (Å²) < 4.78 is 4.45. The number of pyridine rings is 1. The standard InChI is InChI=1S/C11H8BrNO2/c1-7-2-3-10-8(4-7)5-9(6-13-10)11(14)15-12/h2-6H,1H3. The molecule has 0 unspecified atom stereocenters. The molecule has 1 heterocycles. The Morgan fingerprint density at radius 3 is 2.93 bits per heavy atom. The third kappa shape index (κ3) is 1.99. The third-order valence-corrected chi connectivity index (χ3v) is 2.44. The van der Waals surface area contributed by atoms with Crippen molar-refractivity contribution in [2.24, 2.45) is 0 Å². The molecule has 4 heteroatoms. The highest BCUT2D eigenvalue weighted by Gasteiger charge is 2.07. The molecule has 0 aliphatic heterocycles. The summed E-state index contributed by atoms with van der Waals surface area (Å²) >= 11 is 2.65. The van der Waals surface area contributed by atoms with Crippen LogP contribution in [0.3, 0.4) is 0 Å². The van der Waals surface area contributed by atoms with E-state index in [1.54, 1.807) is 6.07 Å². The minimum atomic E-state index is -0.439. The quantitative estimate of drug-likeness (QED) is 0.796. The molecule has 2 aromatic rings. The SMILES string of the molecule is Cc1ccc2ncc(C(=O)OBr)cc2c1. The van der Waals surface area contributed by atoms with Gasteiger partial charge in [0.15, 0.2) is 16.3 Å². The van der Waals surface area contributed by atoms with Crippen LogP contribution in [0, 0.1) is 6.92 Å². The molecule has 15 heavy (non-hydrogen) atoms. The van der Waals surface area contributed by atoms with Gasteiger partial charge in [-0.3, -0.25) is 4.98 Å². The number of hydrogen-bond acceptors (Lipinski definition) is 3. The van der Waals surface area contributed by atoms with Crippen molar-refractivity contribution in [1.82, 2.24) is 4.98 Å². The van der Waals surface area contributed by atoms with Crippen molar-refractivity contribution in [1.29, 1.82) is 0 Å². The second kappa shape index (κ2) is 3.98. The van der Waals surface area contributed by atoms with Crippen molar-refractivity contribution in [2.75, 3.05) is 0 Å². The van der Waals surface area contributed by atoms with E-state index in [1.807, 2.05) is 25.1 Å². The van der Waals surface area contributed by atoms with Gasteiger partial charge in [0.05, 0.1) is 11.1 Å². The van der Waals surface area contributed by atoms with Crippen molar-refractivity contribution in [3.63, 3.8) is 0 Å². The van der Waals surface area contributed by atoms with E-state index in [0.29, 0.717) is 5.56 Å². The van der Waals surface area contributed by atoms with Crippen molar-refractivity contribution in [2.45, 2.75) is 6.92 Å². The molecule has 0 radical (unpaired) electrons. The van der Waals surface area contributed by atoms with E-state index < -0.39 is 5.97 Å². The maximum absolute atomic E-state index is 11.2. The Bertz CT molecular complexity index is 525. The van der Waals surface area contributed by atoms with Crippen LogP contribution in [0.4, 0.5) is 0 Å². The molecule has 0 bridgehead atoms. The van der Waals surface area contributed by atoms with Gasteiger partial charge in [-0.05, 0) is 25.1 Å². The number of carbonyl (C=O) groups excluding carboxylic acids is 1. The average Bonchev–Trinajstić information content (AvgIpc) is 2.27. The van der Waals surface area contributed by atoms with Gasteiger partial charge in [-0.2, -0.15) is 0 Å². The monoisotopic (exact) mass is 265 g/mol. The summed E-state index contributed by atoms with van der Waals surface area (Å²) in [7, 11) is 0. The van der Waals surface area contributed by atoms with Gasteiger partial charge < -0.3 is 3.83 Å². The zero-order chi connectivity index (χ0) is 10.8. The summed E-state index contributed by atoms with van der Waals surface area (Å²) in [6.45, 7) is 1.99. The number of halogens is 1.